The van der Waals surface area contributed by atoms with Crippen molar-refractivity contribution in [1.82, 2.24) is 10.1 Å². The molecular weight excluding hydrogens is 242 g/mol. The minimum absolute atomic E-state index is 0.219. The molecule has 0 aliphatic heterocycles. The molecule has 0 fully saturated rings. The van der Waals surface area contributed by atoms with Crippen molar-refractivity contribution in [2.45, 2.75) is 32.9 Å². The number of ether oxygens (including phenoxy) is 1. The van der Waals surface area contributed by atoms with Crippen LogP contribution in [0.2, 0.25) is 0 Å². The predicted molar refractivity (Wildman–Crippen MR) is 71.5 cm³/mol. The van der Waals surface area contributed by atoms with E-state index >= 15 is 0 Å². The minimum Gasteiger partial charge on any atom is -0.485 e. The molecule has 1 unspecified atom stereocenters. The van der Waals surface area contributed by atoms with Gasteiger partial charge in [-0.05, 0) is 18.1 Å². The van der Waals surface area contributed by atoms with E-state index in [1.54, 1.807) is 0 Å². The van der Waals surface area contributed by atoms with Crippen molar-refractivity contribution in [3.05, 3.63) is 42.0 Å². The lowest BCUT2D eigenvalue weighted by molar-refractivity contribution is 0.279. The molecule has 0 aliphatic carbocycles. The van der Waals surface area contributed by atoms with Gasteiger partial charge in [0.2, 0.25) is 11.7 Å². The molecule has 102 valence electrons. The van der Waals surface area contributed by atoms with Gasteiger partial charge in [0.15, 0.2) is 6.61 Å². The summed E-state index contributed by atoms with van der Waals surface area (Å²) in [7, 11) is 0. The van der Waals surface area contributed by atoms with Crippen molar-refractivity contribution in [1.29, 1.82) is 0 Å². The number of para-hydroxylation sites is 1. The van der Waals surface area contributed by atoms with E-state index in [2.05, 4.69) is 24.0 Å². The number of rotatable bonds is 6. The maximum atomic E-state index is 6.03. The Morgan fingerprint density at radius 1 is 1.32 bits per heavy atom. The van der Waals surface area contributed by atoms with Gasteiger partial charge < -0.3 is 15.0 Å². The van der Waals surface area contributed by atoms with Gasteiger partial charge in [-0.1, -0.05) is 43.6 Å². The second kappa shape index (κ2) is 6.33. The van der Waals surface area contributed by atoms with Crippen LogP contribution in [-0.4, -0.2) is 10.1 Å². The van der Waals surface area contributed by atoms with E-state index in [-0.39, 0.29) is 12.6 Å². The highest BCUT2D eigenvalue weighted by Crippen LogP contribution is 2.20. The Morgan fingerprint density at radius 3 is 2.74 bits per heavy atom. The summed E-state index contributed by atoms with van der Waals surface area (Å²) in [6.45, 7) is 4.43. The molecular formula is C14H19N3O2. The van der Waals surface area contributed by atoms with Gasteiger partial charge in [0.05, 0.1) is 6.04 Å². The highest BCUT2D eigenvalue weighted by molar-refractivity contribution is 5.20. The molecule has 2 aromatic rings. The van der Waals surface area contributed by atoms with E-state index < -0.39 is 0 Å². The average Bonchev–Trinajstić information content (AvgIpc) is 2.93. The first-order valence-electron chi connectivity index (χ1n) is 6.46. The summed E-state index contributed by atoms with van der Waals surface area (Å²) in [5.41, 5.74) is 6.03. The lowest BCUT2D eigenvalue weighted by Crippen LogP contribution is -2.18. The van der Waals surface area contributed by atoms with Crippen LogP contribution in [-0.2, 0) is 6.61 Å². The van der Waals surface area contributed by atoms with Crippen molar-refractivity contribution in [3.63, 3.8) is 0 Å². The van der Waals surface area contributed by atoms with Crippen LogP contribution < -0.4 is 10.5 Å². The molecule has 0 aliphatic rings. The zero-order valence-electron chi connectivity index (χ0n) is 11.2. The summed E-state index contributed by atoms with van der Waals surface area (Å²) in [6.07, 6.45) is 0.972. The number of benzene rings is 1. The molecule has 2 rings (SSSR count). The van der Waals surface area contributed by atoms with Gasteiger partial charge in [-0.25, -0.2) is 0 Å². The lowest BCUT2D eigenvalue weighted by atomic mass is 10.0. The van der Waals surface area contributed by atoms with E-state index in [4.69, 9.17) is 15.0 Å². The molecule has 19 heavy (non-hydrogen) atoms. The highest BCUT2D eigenvalue weighted by Gasteiger charge is 2.20. The molecule has 1 aromatic heterocycles. The number of nitrogens with zero attached hydrogens (tertiary/aromatic N) is 2. The minimum atomic E-state index is -0.219. The third-order valence-corrected chi connectivity index (χ3v) is 3.14. The van der Waals surface area contributed by atoms with Gasteiger partial charge in [-0.15, -0.1) is 0 Å². The summed E-state index contributed by atoms with van der Waals surface area (Å²) < 4.78 is 10.7. The highest BCUT2D eigenvalue weighted by atomic mass is 16.5. The van der Waals surface area contributed by atoms with Crippen LogP contribution in [0.3, 0.4) is 0 Å². The molecule has 0 saturated carbocycles. The van der Waals surface area contributed by atoms with Crippen molar-refractivity contribution >= 4 is 0 Å². The summed E-state index contributed by atoms with van der Waals surface area (Å²) in [5.74, 6) is 2.07. The molecule has 2 atom stereocenters. The van der Waals surface area contributed by atoms with Crippen LogP contribution in [0.4, 0.5) is 0 Å². The SMILES string of the molecule is CCC(C)[C@H](N)c1nc(COc2ccccc2)no1. The molecule has 0 radical (unpaired) electrons. The summed E-state index contributed by atoms with van der Waals surface area (Å²) in [6, 6.07) is 9.30. The van der Waals surface area contributed by atoms with Crippen LogP contribution >= 0.6 is 0 Å². The van der Waals surface area contributed by atoms with Crippen molar-refractivity contribution in [2.75, 3.05) is 0 Å². The Bertz CT molecular complexity index is 498. The first-order valence-corrected chi connectivity index (χ1v) is 6.46. The fourth-order valence-corrected chi connectivity index (χ4v) is 1.62. The monoisotopic (exact) mass is 261 g/mol. The quantitative estimate of drug-likeness (QED) is 0.865. The smallest absolute Gasteiger partial charge is 0.243 e. The van der Waals surface area contributed by atoms with E-state index in [1.165, 1.54) is 0 Å². The Balaban J connectivity index is 1.94. The van der Waals surface area contributed by atoms with E-state index in [1.807, 2.05) is 30.3 Å². The average molecular weight is 261 g/mol. The Hall–Kier alpha value is -1.88. The zero-order valence-corrected chi connectivity index (χ0v) is 11.2. The van der Waals surface area contributed by atoms with Gasteiger partial charge >= 0.3 is 0 Å². The Labute approximate surface area is 112 Å². The zero-order chi connectivity index (χ0) is 13.7. The second-order valence-corrected chi connectivity index (χ2v) is 4.56. The lowest BCUT2D eigenvalue weighted by Gasteiger charge is -2.12. The third kappa shape index (κ3) is 3.54. The van der Waals surface area contributed by atoms with Crippen LogP contribution in [0.15, 0.2) is 34.9 Å². The van der Waals surface area contributed by atoms with Gasteiger partial charge in [0.1, 0.15) is 5.75 Å². The maximum Gasteiger partial charge on any atom is 0.243 e. The van der Waals surface area contributed by atoms with Crippen LogP contribution in [0.25, 0.3) is 0 Å². The molecule has 5 nitrogen and oxygen atoms in total. The molecule has 1 heterocycles. The van der Waals surface area contributed by atoms with E-state index in [9.17, 15) is 0 Å². The largest absolute Gasteiger partial charge is 0.485 e. The third-order valence-electron chi connectivity index (χ3n) is 3.14. The summed E-state index contributed by atoms with van der Waals surface area (Å²) in [5, 5.41) is 3.88. The molecule has 0 spiro atoms. The number of aromatic nitrogens is 2. The Morgan fingerprint density at radius 2 is 2.05 bits per heavy atom. The van der Waals surface area contributed by atoms with Crippen molar-refractivity contribution in [2.24, 2.45) is 11.7 Å². The summed E-state index contributed by atoms with van der Waals surface area (Å²) >= 11 is 0. The van der Waals surface area contributed by atoms with Crippen molar-refractivity contribution < 1.29 is 9.26 Å². The molecule has 2 N–H and O–H groups in total. The van der Waals surface area contributed by atoms with Crippen LogP contribution in [0, 0.1) is 5.92 Å². The molecule has 0 saturated heterocycles. The molecule has 0 amide bonds. The van der Waals surface area contributed by atoms with E-state index in [0.29, 0.717) is 17.6 Å². The second-order valence-electron chi connectivity index (χ2n) is 4.56. The topological polar surface area (TPSA) is 74.2 Å². The summed E-state index contributed by atoms with van der Waals surface area (Å²) in [4.78, 5) is 4.27. The van der Waals surface area contributed by atoms with Gasteiger partial charge in [-0.3, -0.25) is 0 Å². The van der Waals surface area contributed by atoms with Gasteiger partial charge in [-0.2, -0.15) is 4.98 Å². The van der Waals surface area contributed by atoms with Crippen molar-refractivity contribution in [3.8, 4) is 5.75 Å². The maximum absolute atomic E-state index is 6.03. The Kier molecular flexibility index (Phi) is 4.52. The molecule has 0 bridgehead atoms. The fourth-order valence-electron chi connectivity index (χ4n) is 1.62. The van der Waals surface area contributed by atoms with E-state index in [0.717, 1.165) is 12.2 Å². The van der Waals surface area contributed by atoms with Gasteiger partial charge in [0, 0.05) is 0 Å². The number of hydrogen-bond acceptors (Lipinski definition) is 5. The first kappa shape index (κ1) is 13.5. The standard InChI is InChI=1S/C14H19N3O2/c1-3-10(2)13(15)14-16-12(17-19-14)9-18-11-7-5-4-6-8-11/h4-8,10,13H,3,9,15H2,1-2H3/t10?,13-/m0/s1. The van der Waals surface area contributed by atoms with Crippen LogP contribution in [0.5, 0.6) is 5.75 Å². The molecule has 5 heteroatoms. The molecule has 1 aromatic carbocycles. The van der Waals surface area contributed by atoms with Gasteiger partial charge in [0.25, 0.3) is 0 Å². The number of hydrogen-bond donors (Lipinski definition) is 1. The predicted octanol–water partition coefficient (Wildman–Crippen LogP) is 2.69. The first-order chi connectivity index (χ1) is 9.20. The normalized spacial score (nSPS) is 14.1. The van der Waals surface area contributed by atoms with Crippen LogP contribution in [0.1, 0.15) is 38.0 Å². The fraction of sp³-hybridized carbons (Fsp3) is 0.429. The number of nitrogens with two attached hydrogens (primary N) is 1.